The number of nitrogens with zero attached hydrogens (tertiary/aromatic N) is 5. The Bertz CT molecular complexity index is 4830. The Morgan fingerprint density at radius 1 is 0.443 bits per heavy atom. The summed E-state index contributed by atoms with van der Waals surface area (Å²) in [4.78, 5) is 10.2. The Balaban J connectivity index is 0.908. The minimum absolute atomic E-state index is 0.0435. The Morgan fingerprint density at radius 3 is 1.53 bits per heavy atom. The fraction of sp³-hybridized carbons (Fsp3) is 0.111. The van der Waals surface area contributed by atoms with Crippen LogP contribution in [-0.2, 0) is 30.2 Å². The zero-order valence-corrected chi connectivity index (χ0v) is 52.5. The molecule has 13 aromatic rings. The van der Waals surface area contributed by atoms with E-state index in [4.69, 9.17) is 9.72 Å². The van der Waals surface area contributed by atoms with Crippen molar-refractivity contribution in [3.05, 3.63) is 321 Å². The summed E-state index contributed by atoms with van der Waals surface area (Å²) in [5.74, 6) is 1.90. The molecule has 15 rings (SSSR count). The van der Waals surface area contributed by atoms with Gasteiger partial charge in [0.25, 0.3) is 0 Å². The number of pyridine rings is 1. The van der Waals surface area contributed by atoms with Gasteiger partial charge in [0.1, 0.15) is 0 Å². The number of fused-ring (bicyclic) bond motifs is 9. The molecule has 0 aliphatic carbocycles. The smallest absolute Gasteiger partial charge is 0.310 e. The first-order valence-electron chi connectivity index (χ1n) is 30.1. The number of aromatic nitrogens is 3. The van der Waals surface area contributed by atoms with Crippen molar-refractivity contribution in [2.24, 2.45) is 0 Å². The monoisotopic (exact) mass is 1320 g/mol. The van der Waals surface area contributed by atoms with Gasteiger partial charge in [-0.15, -0.1) is 0 Å². The van der Waals surface area contributed by atoms with E-state index in [9.17, 15) is 0 Å². The van der Waals surface area contributed by atoms with Crippen LogP contribution in [0.1, 0.15) is 70.8 Å². The predicted octanol–water partition coefficient (Wildman–Crippen LogP) is 20.8. The van der Waals surface area contributed by atoms with Crippen molar-refractivity contribution in [2.75, 3.05) is 9.80 Å². The van der Waals surface area contributed by atoms with Crippen LogP contribution < -0.4 is 14.5 Å². The first-order chi connectivity index (χ1) is 42.9. The van der Waals surface area contributed by atoms with Crippen LogP contribution in [0.4, 0.5) is 34.3 Å². The Kier molecular flexibility index (Phi) is 13.4. The number of anilines is 6. The minimum Gasteiger partial charge on any atom is -0.310 e. The van der Waals surface area contributed by atoms with E-state index in [0.29, 0.717) is 11.5 Å². The molecule has 2 aromatic heterocycles. The summed E-state index contributed by atoms with van der Waals surface area (Å²) in [6.07, 6.45) is 2.04. The fourth-order valence-corrected chi connectivity index (χ4v) is 14.7. The van der Waals surface area contributed by atoms with Gasteiger partial charge in [0.15, 0.2) is 0 Å². The van der Waals surface area contributed by atoms with Crippen LogP contribution in [0.25, 0.3) is 55.8 Å². The predicted molar refractivity (Wildman–Crippen MR) is 357 cm³/mol. The quantitative estimate of drug-likeness (QED) is 0.135. The van der Waals surface area contributed by atoms with Gasteiger partial charge in [-0.2, -0.15) is 0 Å². The van der Waals surface area contributed by atoms with Gasteiger partial charge in [0.05, 0.1) is 0 Å². The van der Waals surface area contributed by atoms with Crippen LogP contribution in [0.5, 0.6) is 11.5 Å². The second-order valence-electron chi connectivity index (χ2n) is 24.3. The van der Waals surface area contributed by atoms with E-state index in [1.54, 1.807) is 0 Å². The van der Waals surface area contributed by atoms with E-state index in [2.05, 4.69) is 342 Å². The van der Waals surface area contributed by atoms with Gasteiger partial charge in [-0.1, -0.05) is 99.6 Å². The van der Waals surface area contributed by atoms with E-state index >= 15 is 0 Å². The van der Waals surface area contributed by atoms with Crippen molar-refractivity contribution in [3.8, 4) is 56.3 Å². The van der Waals surface area contributed by atoms with E-state index in [-0.39, 0.29) is 5.41 Å². The molecule has 0 saturated carbocycles. The second-order valence-corrected chi connectivity index (χ2v) is 25.3. The molecule has 0 radical (unpaired) electrons. The standard InChI is InChI=1S/C81H63N5O.Pt/c1-53-46-62(47-54(2)56(53)4)85-72-35-17-14-32-68(72)81(69-33-15-18-36-73(69)85)70-34-16-19-37-74(70)86(78-48-55(3)67(51-82-78)59-40-42-60(43-41-59)80(5,6)7)77-50-64(44-45-71(77)81)87-63-29-22-28-61(49-63)83-52-84(76-39-21-20-38-75(76)83)79-65(57-24-10-8-11-25-57)30-23-31-66(79)58-26-12-9-13-27-58;/h8-48,51H,1-7H3;/q-2;. The molecule has 7 heteroatoms. The molecule has 11 aromatic carbocycles. The van der Waals surface area contributed by atoms with Crippen LogP contribution in [0.15, 0.2) is 255 Å². The van der Waals surface area contributed by atoms with Crippen LogP contribution in [0.2, 0.25) is 0 Å². The molecule has 0 bridgehead atoms. The Morgan fingerprint density at radius 2 is 0.955 bits per heavy atom. The Labute approximate surface area is 526 Å². The third kappa shape index (κ3) is 8.87. The molecule has 88 heavy (non-hydrogen) atoms. The molecule has 0 fully saturated rings. The molecule has 0 N–H and O–H groups in total. The second kappa shape index (κ2) is 21.5. The van der Waals surface area contributed by atoms with Gasteiger partial charge in [-0.05, 0) is 90.8 Å². The van der Waals surface area contributed by atoms with Gasteiger partial charge in [-0.3, -0.25) is 0 Å². The van der Waals surface area contributed by atoms with Crippen molar-refractivity contribution in [3.63, 3.8) is 0 Å². The summed E-state index contributed by atoms with van der Waals surface area (Å²) >= 11 is 2.50. The molecular formula is C81H63N5OPt-2. The maximum absolute atomic E-state index is 7.14. The number of benzene rings is 11. The molecule has 2 aliphatic heterocycles. The van der Waals surface area contributed by atoms with E-state index in [1.165, 1.54) is 33.4 Å². The fourth-order valence-electron chi connectivity index (χ4n) is 13.6. The number of ether oxygens (including phenoxy) is 1. The number of para-hydroxylation sites is 6. The molecule has 0 unspecified atom stereocenters. The average Bonchev–Trinajstić information content (AvgIpc) is 0.976. The van der Waals surface area contributed by atoms with Crippen LogP contribution in [-0.4, -0.2) is 14.1 Å². The third-order valence-electron chi connectivity index (χ3n) is 18.1. The van der Waals surface area contributed by atoms with Crippen LogP contribution in [0, 0.1) is 43.6 Å². The molecule has 0 atom stereocenters. The summed E-state index contributed by atoms with van der Waals surface area (Å²) in [6, 6.07) is 97.6. The van der Waals surface area contributed by atoms with Crippen molar-refractivity contribution < 1.29 is 24.1 Å². The van der Waals surface area contributed by atoms with Gasteiger partial charge in [0.2, 0.25) is 0 Å². The summed E-state index contributed by atoms with van der Waals surface area (Å²) in [6.45, 7) is 15.6. The molecule has 0 amide bonds. The summed E-state index contributed by atoms with van der Waals surface area (Å²) in [7, 11) is 0. The van der Waals surface area contributed by atoms with Gasteiger partial charge < -0.3 is 4.90 Å². The SMILES string of the molecule is Cc1cc(N2c3[c-]c(Oc4[c-]c(-n5[c](=[Pt])n(-c6c(-c7ccccc7)cccc6-c6ccccc6)c6ccccc65)ccc4)ccc3C3(c4ccccc42)c2ccccc2N(c2cc(C)c(C)c(C)c2)c2ccccc23)ncc1-c1ccc(C(C)(C)C)cc1. The average molecular weight is 1320 g/mol. The molecule has 4 heterocycles. The van der Waals surface area contributed by atoms with Crippen molar-refractivity contribution in [1.29, 1.82) is 0 Å². The number of hydrogen-bond acceptors (Lipinski definition) is 4. The minimum atomic E-state index is -0.799. The molecule has 430 valence electrons. The maximum atomic E-state index is 7.14. The van der Waals surface area contributed by atoms with E-state index < -0.39 is 5.41 Å². The molecular weight excluding hydrogens is 1250 g/mol. The van der Waals surface area contributed by atoms with Crippen LogP contribution in [0.3, 0.4) is 0 Å². The summed E-state index contributed by atoms with van der Waals surface area (Å²) in [5, 5.41) is 0. The van der Waals surface area contributed by atoms with Gasteiger partial charge >= 0.3 is 306 Å². The van der Waals surface area contributed by atoms with Crippen LogP contribution >= 0.6 is 0 Å². The van der Waals surface area contributed by atoms with Gasteiger partial charge in [0, 0.05) is 28.8 Å². The van der Waals surface area contributed by atoms with E-state index in [1.807, 2.05) is 12.3 Å². The number of rotatable bonds is 9. The summed E-state index contributed by atoms with van der Waals surface area (Å²) < 4.78 is 12.8. The van der Waals surface area contributed by atoms with E-state index in [0.717, 1.165) is 111 Å². The first kappa shape index (κ1) is 54.8. The van der Waals surface area contributed by atoms with Gasteiger partial charge in [-0.25, -0.2) is 0 Å². The van der Waals surface area contributed by atoms with Crippen molar-refractivity contribution in [1.82, 2.24) is 14.1 Å². The zero-order chi connectivity index (χ0) is 60.0. The normalized spacial score (nSPS) is 13.1. The number of aryl methyl sites for hydroxylation is 3. The molecule has 1 spiro atoms. The zero-order valence-electron chi connectivity index (χ0n) is 50.2. The number of hydrogen-bond donors (Lipinski definition) is 0. The molecule has 2 aliphatic rings. The first-order valence-corrected chi connectivity index (χ1v) is 31.2. The molecule has 0 saturated heterocycles. The molecule has 6 nitrogen and oxygen atoms in total. The summed E-state index contributed by atoms with van der Waals surface area (Å²) in [5.41, 5.74) is 26.1. The Hall–Kier alpha value is -9.87. The number of imidazole rings is 1. The third-order valence-corrected chi connectivity index (χ3v) is 19.1. The van der Waals surface area contributed by atoms with Crippen molar-refractivity contribution >= 4 is 45.3 Å². The topological polar surface area (TPSA) is 38.5 Å². The van der Waals surface area contributed by atoms with Crippen molar-refractivity contribution in [2.45, 2.75) is 59.3 Å².